The van der Waals surface area contributed by atoms with Crippen LogP contribution < -0.4 is 0 Å². The number of benzene rings is 1. The molecule has 1 saturated carbocycles. The van der Waals surface area contributed by atoms with Gasteiger partial charge in [-0.25, -0.2) is 4.39 Å². The molecule has 0 amide bonds. The molecule has 3 heteroatoms. The lowest BCUT2D eigenvalue weighted by molar-refractivity contribution is 0.357. The third kappa shape index (κ3) is 3.21. The Morgan fingerprint density at radius 2 is 2.19 bits per heavy atom. The first kappa shape index (κ1) is 12.4. The lowest BCUT2D eigenvalue weighted by Gasteiger charge is -2.25. The van der Waals surface area contributed by atoms with Gasteiger partial charge >= 0.3 is 0 Å². The second kappa shape index (κ2) is 5.50. The van der Waals surface area contributed by atoms with E-state index in [1.54, 1.807) is 6.07 Å². The summed E-state index contributed by atoms with van der Waals surface area (Å²) in [7, 11) is 0. The second-order valence-corrected chi connectivity index (χ2v) is 6.10. The summed E-state index contributed by atoms with van der Waals surface area (Å²) in [6, 6.07) is 5.15. The Bertz CT molecular complexity index is 367. The molecular weight excluding hydrogens is 290 g/mol. The quantitative estimate of drug-likeness (QED) is 0.680. The molecule has 2 atom stereocenters. The standard InChI is InChI=1S/C13H15BrClF/c14-11-4-5-13(16)10(8-11)6-9-2-1-3-12(15)7-9/h4-5,8-9,12H,1-3,6-7H2. The number of rotatable bonds is 2. The molecule has 0 saturated heterocycles. The highest BCUT2D eigenvalue weighted by molar-refractivity contribution is 9.10. The molecular formula is C13H15BrClF. The van der Waals surface area contributed by atoms with Crippen molar-refractivity contribution < 1.29 is 4.39 Å². The molecule has 16 heavy (non-hydrogen) atoms. The summed E-state index contributed by atoms with van der Waals surface area (Å²) in [5.74, 6) is 0.444. The highest BCUT2D eigenvalue weighted by Crippen LogP contribution is 2.31. The van der Waals surface area contributed by atoms with Crippen molar-refractivity contribution in [3.8, 4) is 0 Å². The maximum absolute atomic E-state index is 13.6. The van der Waals surface area contributed by atoms with Crippen molar-refractivity contribution in [3.63, 3.8) is 0 Å². The van der Waals surface area contributed by atoms with Gasteiger partial charge in [0.25, 0.3) is 0 Å². The van der Waals surface area contributed by atoms with E-state index in [0.29, 0.717) is 5.92 Å². The number of halogens is 3. The van der Waals surface area contributed by atoms with E-state index in [0.717, 1.165) is 29.3 Å². The minimum absolute atomic E-state index is 0.0973. The van der Waals surface area contributed by atoms with Gasteiger partial charge in [-0.15, -0.1) is 11.6 Å². The van der Waals surface area contributed by atoms with Gasteiger partial charge in [-0.1, -0.05) is 28.8 Å². The predicted octanol–water partition coefficient (Wildman–Crippen LogP) is 4.93. The Kier molecular flexibility index (Phi) is 4.26. The van der Waals surface area contributed by atoms with Crippen LogP contribution in [0.5, 0.6) is 0 Å². The van der Waals surface area contributed by atoms with Crippen LogP contribution in [0.2, 0.25) is 0 Å². The number of alkyl halides is 1. The Morgan fingerprint density at radius 1 is 1.38 bits per heavy atom. The van der Waals surface area contributed by atoms with Crippen molar-refractivity contribution >= 4 is 27.5 Å². The SMILES string of the molecule is Fc1ccc(Br)cc1CC1CCCC(Cl)C1. The van der Waals surface area contributed by atoms with Crippen LogP contribution in [-0.2, 0) is 6.42 Å². The third-order valence-corrected chi connectivity index (χ3v) is 4.12. The van der Waals surface area contributed by atoms with Gasteiger partial charge in [0.1, 0.15) is 5.82 Å². The normalized spacial score (nSPS) is 25.7. The zero-order chi connectivity index (χ0) is 11.5. The first-order valence-electron chi connectivity index (χ1n) is 5.73. The molecule has 2 unspecified atom stereocenters. The maximum Gasteiger partial charge on any atom is 0.126 e. The fraction of sp³-hybridized carbons (Fsp3) is 0.538. The van der Waals surface area contributed by atoms with Crippen LogP contribution in [-0.4, -0.2) is 5.38 Å². The van der Waals surface area contributed by atoms with E-state index in [4.69, 9.17) is 11.6 Å². The molecule has 0 bridgehead atoms. The Labute approximate surface area is 109 Å². The van der Waals surface area contributed by atoms with Gasteiger partial charge in [-0.05, 0) is 48.9 Å². The Hall–Kier alpha value is -0.0800. The average molecular weight is 306 g/mol. The Morgan fingerprint density at radius 3 is 2.94 bits per heavy atom. The van der Waals surface area contributed by atoms with Gasteiger partial charge in [-0.2, -0.15) is 0 Å². The minimum atomic E-state index is -0.0973. The largest absolute Gasteiger partial charge is 0.207 e. The molecule has 0 aliphatic heterocycles. The second-order valence-electron chi connectivity index (χ2n) is 4.57. The molecule has 0 radical (unpaired) electrons. The summed E-state index contributed by atoms with van der Waals surface area (Å²) in [4.78, 5) is 0. The van der Waals surface area contributed by atoms with E-state index in [1.807, 2.05) is 6.07 Å². The van der Waals surface area contributed by atoms with Crippen molar-refractivity contribution in [2.75, 3.05) is 0 Å². The van der Waals surface area contributed by atoms with Crippen LogP contribution >= 0.6 is 27.5 Å². The molecule has 0 spiro atoms. The summed E-state index contributed by atoms with van der Waals surface area (Å²) < 4.78 is 14.5. The van der Waals surface area contributed by atoms with E-state index in [9.17, 15) is 4.39 Å². The van der Waals surface area contributed by atoms with E-state index >= 15 is 0 Å². The topological polar surface area (TPSA) is 0 Å². The zero-order valence-corrected chi connectivity index (χ0v) is 11.4. The molecule has 88 valence electrons. The first-order valence-corrected chi connectivity index (χ1v) is 6.96. The fourth-order valence-electron chi connectivity index (χ4n) is 2.42. The molecule has 1 aromatic rings. The van der Waals surface area contributed by atoms with Gasteiger partial charge in [0.05, 0.1) is 0 Å². The molecule has 1 aromatic carbocycles. The highest BCUT2D eigenvalue weighted by Gasteiger charge is 2.21. The fourth-order valence-corrected chi connectivity index (χ4v) is 3.24. The van der Waals surface area contributed by atoms with E-state index < -0.39 is 0 Å². The molecule has 0 aromatic heterocycles. The Balaban J connectivity index is 2.05. The molecule has 0 nitrogen and oxygen atoms in total. The lowest BCUT2D eigenvalue weighted by Crippen LogP contribution is -2.17. The van der Waals surface area contributed by atoms with Crippen molar-refractivity contribution in [1.82, 2.24) is 0 Å². The lowest BCUT2D eigenvalue weighted by atomic mass is 9.84. The van der Waals surface area contributed by atoms with Crippen molar-refractivity contribution in [3.05, 3.63) is 34.1 Å². The highest BCUT2D eigenvalue weighted by atomic mass is 79.9. The maximum atomic E-state index is 13.6. The van der Waals surface area contributed by atoms with Crippen molar-refractivity contribution in [2.24, 2.45) is 5.92 Å². The van der Waals surface area contributed by atoms with Gasteiger partial charge < -0.3 is 0 Å². The van der Waals surface area contributed by atoms with Crippen LogP contribution in [0.3, 0.4) is 0 Å². The van der Waals surface area contributed by atoms with Crippen LogP contribution in [0, 0.1) is 11.7 Å². The first-order chi connectivity index (χ1) is 7.65. The van der Waals surface area contributed by atoms with E-state index in [1.165, 1.54) is 18.9 Å². The van der Waals surface area contributed by atoms with Crippen LogP contribution in [0.15, 0.2) is 22.7 Å². The molecule has 1 aliphatic rings. The van der Waals surface area contributed by atoms with Gasteiger partial charge in [-0.3, -0.25) is 0 Å². The van der Waals surface area contributed by atoms with Crippen molar-refractivity contribution in [1.29, 1.82) is 0 Å². The number of hydrogen-bond donors (Lipinski definition) is 0. The average Bonchev–Trinajstić information content (AvgIpc) is 2.24. The van der Waals surface area contributed by atoms with E-state index in [2.05, 4.69) is 15.9 Å². The minimum Gasteiger partial charge on any atom is -0.207 e. The number of hydrogen-bond acceptors (Lipinski definition) is 0. The van der Waals surface area contributed by atoms with Gasteiger partial charge in [0, 0.05) is 9.85 Å². The monoisotopic (exact) mass is 304 g/mol. The summed E-state index contributed by atoms with van der Waals surface area (Å²) >= 11 is 9.53. The smallest absolute Gasteiger partial charge is 0.126 e. The predicted molar refractivity (Wildman–Crippen MR) is 69.4 cm³/mol. The molecule has 1 aliphatic carbocycles. The zero-order valence-electron chi connectivity index (χ0n) is 9.06. The summed E-state index contributed by atoms with van der Waals surface area (Å²) in [6.07, 6.45) is 5.30. The van der Waals surface area contributed by atoms with Crippen molar-refractivity contribution in [2.45, 2.75) is 37.5 Å². The summed E-state index contributed by atoms with van der Waals surface area (Å²) in [5, 5.41) is 0.286. The van der Waals surface area contributed by atoms with Gasteiger partial charge in [0.15, 0.2) is 0 Å². The summed E-state index contributed by atoms with van der Waals surface area (Å²) in [6.45, 7) is 0. The van der Waals surface area contributed by atoms with Crippen LogP contribution in [0.1, 0.15) is 31.2 Å². The van der Waals surface area contributed by atoms with Crippen LogP contribution in [0.25, 0.3) is 0 Å². The summed E-state index contributed by atoms with van der Waals surface area (Å²) in [5.41, 5.74) is 0.810. The molecule has 0 N–H and O–H groups in total. The molecule has 0 heterocycles. The van der Waals surface area contributed by atoms with Crippen LogP contribution in [0.4, 0.5) is 4.39 Å². The molecule has 1 fully saturated rings. The third-order valence-electron chi connectivity index (χ3n) is 3.24. The van der Waals surface area contributed by atoms with E-state index in [-0.39, 0.29) is 11.2 Å². The molecule has 2 rings (SSSR count). The van der Waals surface area contributed by atoms with Gasteiger partial charge in [0.2, 0.25) is 0 Å².